The standard InChI is InChI=1S/C16H32N2O/c1-4-6-17-16-5-7-19-12-15(16)11-18-9-13(2)8-14(3)10-18/h13-17H,4-12H2,1-3H3. The number of rotatable bonds is 5. The maximum Gasteiger partial charge on any atom is 0.0521 e. The second-order valence-electron chi connectivity index (χ2n) is 6.85. The minimum absolute atomic E-state index is 0.668. The molecule has 0 saturated carbocycles. The molecule has 0 aliphatic carbocycles. The van der Waals surface area contributed by atoms with Gasteiger partial charge in [0.05, 0.1) is 6.61 Å². The Morgan fingerprint density at radius 2 is 1.95 bits per heavy atom. The summed E-state index contributed by atoms with van der Waals surface area (Å²) < 4.78 is 5.72. The number of nitrogens with one attached hydrogen (secondary N) is 1. The summed E-state index contributed by atoms with van der Waals surface area (Å²) in [4.78, 5) is 2.68. The molecule has 19 heavy (non-hydrogen) atoms. The van der Waals surface area contributed by atoms with Crippen LogP contribution in [0, 0.1) is 17.8 Å². The molecule has 0 aromatic heterocycles. The Balaban J connectivity index is 1.84. The van der Waals surface area contributed by atoms with Crippen molar-refractivity contribution in [1.82, 2.24) is 10.2 Å². The Labute approximate surface area is 119 Å². The molecule has 2 heterocycles. The van der Waals surface area contributed by atoms with Crippen molar-refractivity contribution in [2.45, 2.75) is 46.1 Å². The van der Waals surface area contributed by atoms with E-state index >= 15 is 0 Å². The van der Waals surface area contributed by atoms with E-state index in [4.69, 9.17) is 4.74 Å². The summed E-state index contributed by atoms with van der Waals surface area (Å²) in [5, 5.41) is 3.73. The number of hydrogen-bond donors (Lipinski definition) is 1. The van der Waals surface area contributed by atoms with E-state index in [1.165, 1.54) is 38.9 Å². The zero-order chi connectivity index (χ0) is 13.7. The quantitative estimate of drug-likeness (QED) is 0.828. The van der Waals surface area contributed by atoms with Gasteiger partial charge in [0, 0.05) is 38.2 Å². The molecule has 2 aliphatic rings. The summed E-state index contributed by atoms with van der Waals surface area (Å²) >= 11 is 0. The maximum atomic E-state index is 5.72. The lowest BCUT2D eigenvalue weighted by atomic mass is 9.89. The van der Waals surface area contributed by atoms with Crippen LogP contribution in [0.25, 0.3) is 0 Å². The third-order valence-corrected chi connectivity index (χ3v) is 4.57. The number of ether oxygens (including phenoxy) is 1. The molecule has 3 heteroatoms. The molecule has 4 atom stereocenters. The first-order chi connectivity index (χ1) is 9.19. The van der Waals surface area contributed by atoms with Crippen molar-refractivity contribution in [2.24, 2.45) is 17.8 Å². The van der Waals surface area contributed by atoms with Crippen molar-refractivity contribution < 1.29 is 4.74 Å². The Bertz CT molecular complexity index is 249. The van der Waals surface area contributed by atoms with Crippen molar-refractivity contribution in [3.05, 3.63) is 0 Å². The predicted octanol–water partition coefficient (Wildman–Crippen LogP) is 2.37. The lowest BCUT2D eigenvalue weighted by Gasteiger charge is -2.40. The number of nitrogens with zero attached hydrogens (tertiary/aromatic N) is 1. The molecule has 2 fully saturated rings. The smallest absolute Gasteiger partial charge is 0.0521 e. The molecule has 4 unspecified atom stereocenters. The third kappa shape index (κ3) is 4.73. The van der Waals surface area contributed by atoms with Gasteiger partial charge in [0.1, 0.15) is 0 Å². The summed E-state index contributed by atoms with van der Waals surface area (Å²) in [6, 6.07) is 0.668. The van der Waals surface area contributed by atoms with E-state index in [0.29, 0.717) is 12.0 Å². The van der Waals surface area contributed by atoms with Gasteiger partial charge in [-0.25, -0.2) is 0 Å². The molecule has 0 radical (unpaired) electrons. The van der Waals surface area contributed by atoms with Crippen molar-refractivity contribution in [3.8, 4) is 0 Å². The molecule has 0 aromatic carbocycles. The molecule has 3 nitrogen and oxygen atoms in total. The summed E-state index contributed by atoms with van der Waals surface area (Å²) in [5.41, 5.74) is 0. The first kappa shape index (κ1) is 15.3. The van der Waals surface area contributed by atoms with Gasteiger partial charge in [-0.15, -0.1) is 0 Å². The summed E-state index contributed by atoms with van der Waals surface area (Å²) in [6.45, 7) is 13.8. The highest BCUT2D eigenvalue weighted by molar-refractivity contribution is 4.84. The molecule has 2 rings (SSSR count). The van der Waals surface area contributed by atoms with Gasteiger partial charge < -0.3 is 15.0 Å². The fourth-order valence-corrected chi connectivity index (χ4v) is 3.85. The van der Waals surface area contributed by atoms with Crippen LogP contribution >= 0.6 is 0 Å². The third-order valence-electron chi connectivity index (χ3n) is 4.57. The lowest BCUT2D eigenvalue weighted by molar-refractivity contribution is 0.00677. The molecule has 0 bridgehead atoms. The Kier molecular flexibility index (Phi) is 6.11. The molecule has 0 aromatic rings. The van der Waals surface area contributed by atoms with Crippen molar-refractivity contribution in [3.63, 3.8) is 0 Å². The zero-order valence-corrected chi connectivity index (χ0v) is 13.0. The van der Waals surface area contributed by atoms with Crippen molar-refractivity contribution >= 4 is 0 Å². The zero-order valence-electron chi connectivity index (χ0n) is 13.0. The van der Waals surface area contributed by atoms with E-state index in [0.717, 1.165) is 31.6 Å². The lowest BCUT2D eigenvalue weighted by Crippen LogP contribution is -2.50. The fraction of sp³-hybridized carbons (Fsp3) is 1.00. The van der Waals surface area contributed by atoms with E-state index < -0.39 is 0 Å². The van der Waals surface area contributed by atoms with E-state index in [1.807, 2.05) is 0 Å². The van der Waals surface area contributed by atoms with Crippen LogP contribution < -0.4 is 5.32 Å². The molecule has 2 aliphatic heterocycles. The van der Waals surface area contributed by atoms with Gasteiger partial charge in [-0.3, -0.25) is 0 Å². The normalized spacial score (nSPS) is 37.4. The fourth-order valence-electron chi connectivity index (χ4n) is 3.85. The van der Waals surface area contributed by atoms with Crippen molar-refractivity contribution in [1.29, 1.82) is 0 Å². The van der Waals surface area contributed by atoms with Crippen LogP contribution in [-0.2, 0) is 4.74 Å². The summed E-state index contributed by atoms with van der Waals surface area (Å²) in [7, 11) is 0. The molecule has 0 spiro atoms. The van der Waals surface area contributed by atoms with Gasteiger partial charge in [-0.2, -0.15) is 0 Å². The maximum absolute atomic E-state index is 5.72. The van der Waals surface area contributed by atoms with Crippen LogP contribution in [0.4, 0.5) is 0 Å². The number of likely N-dealkylation sites (tertiary alicyclic amines) is 1. The largest absolute Gasteiger partial charge is 0.381 e. The van der Waals surface area contributed by atoms with E-state index in [-0.39, 0.29) is 0 Å². The SMILES string of the molecule is CCCNC1CCOCC1CN1CC(C)CC(C)C1. The number of hydrogen-bond acceptors (Lipinski definition) is 3. The van der Waals surface area contributed by atoms with E-state index in [9.17, 15) is 0 Å². The van der Waals surface area contributed by atoms with Gasteiger partial charge >= 0.3 is 0 Å². The van der Waals surface area contributed by atoms with Gasteiger partial charge in [0.15, 0.2) is 0 Å². The Morgan fingerprint density at radius 3 is 2.63 bits per heavy atom. The number of piperidine rings is 1. The van der Waals surface area contributed by atoms with Gasteiger partial charge in [-0.05, 0) is 37.6 Å². The highest BCUT2D eigenvalue weighted by Gasteiger charge is 2.29. The van der Waals surface area contributed by atoms with Gasteiger partial charge in [-0.1, -0.05) is 20.8 Å². The molecule has 0 amide bonds. The van der Waals surface area contributed by atoms with Gasteiger partial charge in [0.25, 0.3) is 0 Å². The highest BCUT2D eigenvalue weighted by atomic mass is 16.5. The minimum atomic E-state index is 0.668. The molecule has 112 valence electrons. The van der Waals surface area contributed by atoms with Crippen LogP contribution in [0.15, 0.2) is 0 Å². The first-order valence-corrected chi connectivity index (χ1v) is 8.22. The van der Waals surface area contributed by atoms with Gasteiger partial charge in [0.2, 0.25) is 0 Å². The molecule has 2 saturated heterocycles. The van der Waals surface area contributed by atoms with Crippen LogP contribution in [0.2, 0.25) is 0 Å². The minimum Gasteiger partial charge on any atom is -0.381 e. The van der Waals surface area contributed by atoms with E-state index in [1.54, 1.807) is 0 Å². The summed E-state index contributed by atoms with van der Waals surface area (Å²) in [5.74, 6) is 2.39. The second-order valence-corrected chi connectivity index (χ2v) is 6.85. The average molecular weight is 268 g/mol. The van der Waals surface area contributed by atoms with E-state index in [2.05, 4.69) is 31.0 Å². The Hall–Kier alpha value is -0.120. The predicted molar refractivity (Wildman–Crippen MR) is 80.4 cm³/mol. The second kappa shape index (κ2) is 7.61. The molecular weight excluding hydrogens is 236 g/mol. The molecule has 1 N–H and O–H groups in total. The van der Waals surface area contributed by atoms with Crippen LogP contribution in [0.5, 0.6) is 0 Å². The molecular formula is C16H32N2O. The first-order valence-electron chi connectivity index (χ1n) is 8.22. The van der Waals surface area contributed by atoms with Crippen LogP contribution in [-0.4, -0.2) is 50.3 Å². The highest BCUT2D eigenvalue weighted by Crippen LogP contribution is 2.24. The van der Waals surface area contributed by atoms with Crippen LogP contribution in [0.1, 0.15) is 40.0 Å². The monoisotopic (exact) mass is 268 g/mol. The van der Waals surface area contributed by atoms with Crippen LogP contribution in [0.3, 0.4) is 0 Å². The average Bonchev–Trinajstić information content (AvgIpc) is 2.36. The Morgan fingerprint density at radius 1 is 1.21 bits per heavy atom. The summed E-state index contributed by atoms with van der Waals surface area (Å²) in [6.07, 6.45) is 3.81. The topological polar surface area (TPSA) is 24.5 Å². The van der Waals surface area contributed by atoms with Crippen molar-refractivity contribution in [2.75, 3.05) is 39.4 Å².